The first kappa shape index (κ1) is 15.6. The molecule has 0 aromatic heterocycles. The fraction of sp³-hybridized carbons (Fsp3) is 0.421. The second kappa shape index (κ2) is 8.46. The van der Waals surface area contributed by atoms with Gasteiger partial charge < -0.3 is 5.32 Å². The highest BCUT2D eigenvalue weighted by Crippen LogP contribution is 2.19. The van der Waals surface area contributed by atoms with E-state index in [2.05, 4.69) is 30.4 Å². The van der Waals surface area contributed by atoms with E-state index in [4.69, 9.17) is 0 Å². The standard InChI is InChI=1S/C19H25NO/c1-2-3-4-5-6-7-12-19(21)20-18-14-13-16-10-8-9-11-17(16)15-18/h8-11,13-15H,2-7,12H2,1H3,(H,20,21). The summed E-state index contributed by atoms with van der Waals surface area (Å²) in [5, 5.41) is 5.36. The van der Waals surface area contributed by atoms with Crippen molar-refractivity contribution in [3.05, 3.63) is 42.5 Å². The van der Waals surface area contributed by atoms with Crippen molar-refractivity contribution in [1.29, 1.82) is 0 Å². The Labute approximate surface area is 127 Å². The third kappa shape index (κ3) is 5.22. The quantitative estimate of drug-likeness (QED) is 0.634. The van der Waals surface area contributed by atoms with Crippen LogP contribution in [0.2, 0.25) is 0 Å². The van der Waals surface area contributed by atoms with Crippen molar-refractivity contribution < 1.29 is 4.79 Å². The topological polar surface area (TPSA) is 29.1 Å². The molecule has 0 aliphatic carbocycles. The second-order valence-corrected chi connectivity index (χ2v) is 5.63. The van der Waals surface area contributed by atoms with Gasteiger partial charge >= 0.3 is 0 Å². The largest absolute Gasteiger partial charge is 0.326 e. The van der Waals surface area contributed by atoms with Crippen molar-refractivity contribution >= 4 is 22.4 Å². The van der Waals surface area contributed by atoms with Gasteiger partial charge in [-0.05, 0) is 29.3 Å². The number of hydrogen-bond donors (Lipinski definition) is 1. The number of hydrogen-bond acceptors (Lipinski definition) is 1. The highest BCUT2D eigenvalue weighted by Gasteiger charge is 2.03. The molecule has 0 fully saturated rings. The molecule has 112 valence electrons. The lowest BCUT2D eigenvalue weighted by Gasteiger charge is -2.06. The summed E-state index contributed by atoms with van der Waals surface area (Å²) in [6.07, 6.45) is 7.89. The summed E-state index contributed by atoms with van der Waals surface area (Å²) in [6.45, 7) is 2.22. The minimum absolute atomic E-state index is 0.126. The molecule has 0 aliphatic rings. The summed E-state index contributed by atoms with van der Waals surface area (Å²) in [5.41, 5.74) is 0.893. The Kier molecular flexibility index (Phi) is 6.26. The van der Waals surface area contributed by atoms with Gasteiger partial charge in [0.2, 0.25) is 5.91 Å². The Morgan fingerprint density at radius 3 is 2.43 bits per heavy atom. The lowest BCUT2D eigenvalue weighted by atomic mass is 10.1. The first-order valence-corrected chi connectivity index (χ1v) is 8.08. The smallest absolute Gasteiger partial charge is 0.224 e. The molecule has 0 unspecified atom stereocenters. The van der Waals surface area contributed by atoms with E-state index in [1.165, 1.54) is 31.1 Å². The number of amides is 1. The molecule has 0 radical (unpaired) electrons. The van der Waals surface area contributed by atoms with Crippen LogP contribution in [0.1, 0.15) is 51.9 Å². The zero-order valence-corrected chi connectivity index (χ0v) is 12.9. The van der Waals surface area contributed by atoms with Crippen molar-refractivity contribution in [3.8, 4) is 0 Å². The Hall–Kier alpha value is -1.83. The van der Waals surface area contributed by atoms with Gasteiger partial charge in [-0.25, -0.2) is 0 Å². The SMILES string of the molecule is CCCCCCCCC(=O)Nc1ccc2ccccc2c1. The molecule has 0 bridgehead atoms. The van der Waals surface area contributed by atoms with E-state index in [0.29, 0.717) is 6.42 Å². The summed E-state index contributed by atoms with van der Waals surface area (Å²) in [4.78, 5) is 11.9. The van der Waals surface area contributed by atoms with Crippen molar-refractivity contribution in [1.82, 2.24) is 0 Å². The Bertz CT molecular complexity index is 577. The average molecular weight is 283 g/mol. The van der Waals surface area contributed by atoms with Gasteiger partial charge in [0.1, 0.15) is 0 Å². The van der Waals surface area contributed by atoms with Crippen molar-refractivity contribution in [2.75, 3.05) is 5.32 Å². The van der Waals surface area contributed by atoms with Gasteiger partial charge in [0.05, 0.1) is 0 Å². The fourth-order valence-electron chi connectivity index (χ4n) is 2.56. The van der Waals surface area contributed by atoms with E-state index in [0.717, 1.165) is 23.9 Å². The molecule has 21 heavy (non-hydrogen) atoms. The Morgan fingerprint density at radius 2 is 1.62 bits per heavy atom. The van der Waals surface area contributed by atoms with Gasteiger partial charge in [0.25, 0.3) is 0 Å². The molecular formula is C19H25NO. The normalized spacial score (nSPS) is 10.7. The lowest BCUT2D eigenvalue weighted by Crippen LogP contribution is -2.10. The zero-order valence-electron chi connectivity index (χ0n) is 12.9. The minimum atomic E-state index is 0.126. The third-order valence-corrected chi connectivity index (χ3v) is 3.79. The molecule has 1 amide bonds. The lowest BCUT2D eigenvalue weighted by molar-refractivity contribution is -0.116. The number of benzene rings is 2. The summed E-state index contributed by atoms with van der Waals surface area (Å²) in [7, 11) is 0. The van der Waals surface area contributed by atoms with E-state index < -0.39 is 0 Å². The maximum atomic E-state index is 11.9. The van der Waals surface area contributed by atoms with Gasteiger partial charge in [-0.2, -0.15) is 0 Å². The average Bonchev–Trinajstić information content (AvgIpc) is 2.50. The second-order valence-electron chi connectivity index (χ2n) is 5.63. The molecule has 2 nitrogen and oxygen atoms in total. The van der Waals surface area contributed by atoms with Crippen LogP contribution < -0.4 is 5.32 Å². The van der Waals surface area contributed by atoms with Crippen LogP contribution in [0.5, 0.6) is 0 Å². The summed E-state index contributed by atoms with van der Waals surface area (Å²) >= 11 is 0. The van der Waals surface area contributed by atoms with Crippen LogP contribution >= 0.6 is 0 Å². The van der Waals surface area contributed by atoms with Gasteiger partial charge in [-0.15, -0.1) is 0 Å². The molecule has 0 saturated heterocycles. The molecule has 0 heterocycles. The molecule has 2 aromatic rings. The van der Waals surface area contributed by atoms with Crippen molar-refractivity contribution in [3.63, 3.8) is 0 Å². The predicted molar refractivity (Wildman–Crippen MR) is 90.6 cm³/mol. The van der Waals surface area contributed by atoms with E-state index in [1.807, 2.05) is 24.3 Å². The predicted octanol–water partition coefficient (Wildman–Crippen LogP) is 5.53. The van der Waals surface area contributed by atoms with Crippen molar-refractivity contribution in [2.45, 2.75) is 51.9 Å². The van der Waals surface area contributed by atoms with E-state index in [9.17, 15) is 4.79 Å². The number of nitrogens with one attached hydrogen (secondary N) is 1. The fourth-order valence-corrected chi connectivity index (χ4v) is 2.56. The molecule has 2 rings (SSSR count). The highest BCUT2D eigenvalue weighted by atomic mass is 16.1. The van der Waals surface area contributed by atoms with Gasteiger partial charge in [-0.3, -0.25) is 4.79 Å². The number of carbonyl (C=O) groups is 1. The summed E-state index contributed by atoms with van der Waals surface area (Å²) in [6, 6.07) is 14.3. The number of anilines is 1. The highest BCUT2D eigenvalue weighted by molar-refractivity contribution is 5.94. The molecule has 0 aliphatic heterocycles. The van der Waals surface area contributed by atoms with Crippen LogP contribution in [0.3, 0.4) is 0 Å². The van der Waals surface area contributed by atoms with Crippen LogP contribution in [-0.2, 0) is 4.79 Å². The first-order valence-electron chi connectivity index (χ1n) is 8.08. The van der Waals surface area contributed by atoms with Gasteiger partial charge in [0, 0.05) is 12.1 Å². The Balaban J connectivity index is 1.76. The van der Waals surface area contributed by atoms with Crippen LogP contribution in [-0.4, -0.2) is 5.91 Å². The van der Waals surface area contributed by atoms with Gasteiger partial charge in [-0.1, -0.05) is 69.4 Å². The monoisotopic (exact) mass is 283 g/mol. The Morgan fingerprint density at radius 1 is 0.905 bits per heavy atom. The number of carbonyl (C=O) groups excluding carboxylic acids is 1. The van der Waals surface area contributed by atoms with Crippen LogP contribution in [0.15, 0.2) is 42.5 Å². The van der Waals surface area contributed by atoms with Crippen molar-refractivity contribution in [2.24, 2.45) is 0 Å². The first-order chi connectivity index (χ1) is 10.3. The third-order valence-electron chi connectivity index (χ3n) is 3.79. The van der Waals surface area contributed by atoms with E-state index in [1.54, 1.807) is 0 Å². The molecule has 0 saturated carbocycles. The molecule has 2 heteroatoms. The van der Waals surface area contributed by atoms with E-state index >= 15 is 0 Å². The maximum Gasteiger partial charge on any atom is 0.224 e. The number of unbranched alkanes of at least 4 members (excludes halogenated alkanes) is 5. The van der Waals surface area contributed by atoms with Crippen LogP contribution in [0.4, 0.5) is 5.69 Å². The number of fused-ring (bicyclic) bond motifs is 1. The minimum Gasteiger partial charge on any atom is -0.326 e. The summed E-state index contributed by atoms with van der Waals surface area (Å²) in [5.74, 6) is 0.126. The molecule has 0 spiro atoms. The van der Waals surface area contributed by atoms with Gasteiger partial charge in [0.15, 0.2) is 0 Å². The van der Waals surface area contributed by atoms with Crippen LogP contribution in [0.25, 0.3) is 10.8 Å². The summed E-state index contributed by atoms with van der Waals surface area (Å²) < 4.78 is 0. The van der Waals surface area contributed by atoms with Crippen LogP contribution in [0, 0.1) is 0 Å². The maximum absolute atomic E-state index is 11.9. The molecule has 1 N–H and O–H groups in total. The zero-order chi connectivity index (χ0) is 14.9. The molecular weight excluding hydrogens is 258 g/mol. The number of rotatable bonds is 8. The molecule has 2 aromatic carbocycles. The van der Waals surface area contributed by atoms with E-state index in [-0.39, 0.29) is 5.91 Å². The molecule has 0 atom stereocenters.